The molecule has 1 heterocycles. The van der Waals surface area contributed by atoms with Crippen LogP contribution in [0, 0.1) is 0 Å². The molecule has 1 N–H and O–H groups in total. The first-order chi connectivity index (χ1) is 8.06. The molecular weight excluding hydrogens is 222 g/mol. The minimum atomic E-state index is -0.904. The van der Waals surface area contributed by atoms with Gasteiger partial charge in [0.05, 0.1) is 18.2 Å². The van der Waals surface area contributed by atoms with E-state index in [-0.39, 0.29) is 24.9 Å². The number of aliphatic carboxylic acids is 1. The third-order valence-electron chi connectivity index (χ3n) is 2.72. The van der Waals surface area contributed by atoms with Crippen LogP contribution in [0.4, 0.5) is 0 Å². The summed E-state index contributed by atoms with van der Waals surface area (Å²) in [7, 11) is 0. The molecule has 0 bridgehead atoms. The second-order valence-corrected chi connectivity index (χ2v) is 3.91. The summed E-state index contributed by atoms with van der Waals surface area (Å²) in [6.45, 7) is 4.08. The lowest BCUT2D eigenvalue weighted by Crippen LogP contribution is -2.39. The molecule has 1 amide bonds. The molecule has 5 heteroatoms. The lowest BCUT2D eigenvalue weighted by Gasteiger charge is -2.27. The van der Waals surface area contributed by atoms with Gasteiger partial charge in [-0.1, -0.05) is 6.92 Å². The van der Waals surface area contributed by atoms with E-state index in [4.69, 9.17) is 9.52 Å². The summed E-state index contributed by atoms with van der Waals surface area (Å²) >= 11 is 0. The number of carbonyl (C=O) groups is 2. The second-order valence-electron chi connectivity index (χ2n) is 3.91. The summed E-state index contributed by atoms with van der Waals surface area (Å²) in [5, 5.41) is 8.67. The van der Waals surface area contributed by atoms with E-state index in [2.05, 4.69) is 0 Å². The van der Waals surface area contributed by atoms with Crippen LogP contribution in [0.25, 0.3) is 0 Å². The van der Waals surface area contributed by atoms with Crippen molar-refractivity contribution in [1.82, 2.24) is 4.90 Å². The van der Waals surface area contributed by atoms with Gasteiger partial charge in [0.2, 0.25) is 0 Å². The lowest BCUT2D eigenvalue weighted by atomic mass is 10.1. The smallest absolute Gasteiger partial charge is 0.305 e. The molecule has 0 radical (unpaired) electrons. The fraction of sp³-hybridized carbons (Fsp3) is 0.500. The molecule has 17 heavy (non-hydrogen) atoms. The zero-order valence-electron chi connectivity index (χ0n) is 10.0. The van der Waals surface area contributed by atoms with Gasteiger partial charge < -0.3 is 14.4 Å². The summed E-state index contributed by atoms with van der Waals surface area (Å²) in [4.78, 5) is 24.2. The van der Waals surface area contributed by atoms with Crippen LogP contribution >= 0.6 is 0 Å². The minimum absolute atomic E-state index is 0.0109. The van der Waals surface area contributed by atoms with Gasteiger partial charge in [0.15, 0.2) is 0 Å². The minimum Gasteiger partial charge on any atom is -0.481 e. The average molecular weight is 239 g/mol. The Morgan fingerprint density at radius 2 is 2.24 bits per heavy atom. The van der Waals surface area contributed by atoms with Crippen molar-refractivity contribution in [2.45, 2.75) is 32.7 Å². The van der Waals surface area contributed by atoms with Crippen LogP contribution in [0.15, 0.2) is 23.0 Å². The number of hydrogen-bond donors (Lipinski definition) is 1. The Bertz CT molecular complexity index is 372. The summed E-state index contributed by atoms with van der Waals surface area (Å²) in [6.07, 6.45) is 3.54. The fourth-order valence-corrected chi connectivity index (χ4v) is 1.51. The van der Waals surface area contributed by atoms with E-state index in [1.54, 1.807) is 11.0 Å². The number of carboxylic acid groups (broad SMARTS) is 1. The van der Waals surface area contributed by atoms with E-state index < -0.39 is 5.97 Å². The fourth-order valence-electron chi connectivity index (χ4n) is 1.51. The van der Waals surface area contributed by atoms with Gasteiger partial charge in [-0.2, -0.15) is 0 Å². The average Bonchev–Trinajstić information content (AvgIpc) is 2.81. The topological polar surface area (TPSA) is 70.8 Å². The summed E-state index contributed by atoms with van der Waals surface area (Å²) in [6, 6.07) is 1.59. The number of amides is 1. The molecule has 0 aromatic carbocycles. The van der Waals surface area contributed by atoms with E-state index in [1.807, 2.05) is 13.8 Å². The van der Waals surface area contributed by atoms with Gasteiger partial charge in [0.25, 0.3) is 5.91 Å². The molecule has 1 aromatic rings. The van der Waals surface area contributed by atoms with Crippen molar-refractivity contribution in [3.8, 4) is 0 Å². The molecular formula is C12H17NO4. The largest absolute Gasteiger partial charge is 0.481 e. The number of carbonyl (C=O) groups excluding carboxylic acids is 1. The highest BCUT2D eigenvalue weighted by Crippen LogP contribution is 2.12. The van der Waals surface area contributed by atoms with Gasteiger partial charge in [-0.25, -0.2) is 0 Å². The molecule has 1 rings (SSSR count). The first kappa shape index (κ1) is 13.3. The van der Waals surface area contributed by atoms with E-state index >= 15 is 0 Å². The highest BCUT2D eigenvalue weighted by Gasteiger charge is 2.21. The third-order valence-corrected chi connectivity index (χ3v) is 2.72. The lowest BCUT2D eigenvalue weighted by molar-refractivity contribution is -0.137. The predicted octanol–water partition coefficient (Wildman–Crippen LogP) is 2.00. The molecule has 1 atom stereocenters. The number of rotatable bonds is 6. The van der Waals surface area contributed by atoms with Crippen molar-refractivity contribution < 1.29 is 19.1 Å². The maximum absolute atomic E-state index is 12.1. The normalized spacial score (nSPS) is 12.1. The number of furan rings is 1. The van der Waals surface area contributed by atoms with Crippen molar-refractivity contribution in [3.63, 3.8) is 0 Å². The molecule has 0 saturated carbocycles. The quantitative estimate of drug-likeness (QED) is 0.824. The maximum atomic E-state index is 12.1. The summed E-state index contributed by atoms with van der Waals surface area (Å²) < 4.78 is 4.86. The molecule has 0 fully saturated rings. The highest BCUT2D eigenvalue weighted by atomic mass is 16.4. The van der Waals surface area contributed by atoms with Crippen molar-refractivity contribution in [3.05, 3.63) is 24.2 Å². The molecule has 94 valence electrons. The Morgan fingerprint density at radius 3 is 2.71 bits per heavy atom. The van der Waals surface area contributed by atoms with E-state index in [0.717, 1.165) is 6.42 Å². The van der Waals surface area contributed by atoms with Crippen molar-refractivity contribution in [2.75, 3.05) is 6.54 Å². The van der Waals surface area contributed by atoms with Crippen LogP contribution in [0.2, 0.25) is 0 Å². The van der Waals surface area contributed by atoms with E-state index in [1.165, 1.54) is 12.5 Å². The van der Waals surface area contributed by atoms with Crippen molar-refractivity contribution in [1.29, 1.82) is 0 Å². The van der Waals surface area contributed by atoms with E-state index in [0.29, 0.717) is 5.56 Å². The van der Waals surface area contributed by atoms with Crippen LogP contribution in [-0.2, 0) is 4.79 Å². The van der Waals surface area contributed by atoms with Gasteiger partial charge in [0.1, 0.15) is 6.26 Å². The van der Waals surface area contributed by atoms with Crippen LogP contribution < -0.4 is 0 Å². The Kier molecular flexibility index (Phi) is 4.75. The van der Waals surface area contributed by atoms with Crippen molar-refractivity contribution >= 4 is 11.9 Å². The molecule has 0 saturated heterocycles. The Balaban J connectivity index is 2.75. The molecule has 0 spiro atoms. The van der Waals surface area contributed by atoms with Gasteiger partial charge in [-0.3, -0.25) is 9.59 Å². The Labute approximate surface area is 100 Å². The Morgan fingerprint density at radius 1 is 1.53 bits per heavy atom. The highest BCUT2D eigenvalue weighted by molar-refractivity contribution is 5.94. The van der Waals surface area contributed by atoms with Gasteiger partial charge in [0, 0.05) is 12.6 Å². The number of carboxylic acids is 1. The molecule has 0 aliphatic heterocycles. The maximum Gasteiger partial charge on any atom is 0.305 e. The molecule has 1 aromatic heterocycles. The van der Waals surface area contributed by atoms with Gasteiger partial charge in [-0.05, 0) is 19.4 Å². The van der Waals surface area contributed by atoms with E-state index in [9.17, 15) is 9.59 Å². The first-order valence-electron chi connectivity index (χ1n) is 5.61. The molecule has 0 aliphatic rings. The standard InChI is InChI=1S/C12H17NO4/c1-3-9(2)13(6-4-11(14)15)12(16)10-5-7-17-8-10/h5,7-9H,3-4,6H2,1-2H3,(H,14,15)/t9-/m0/s1. The summed E-state index contributed by atoms with van der Waals surface area (Å²) in [5.41, 5.74) is 0.454. The predicted molar refractivity (Wildman–Crippen MR) is 61.8 cm³/mol. The van der Waals surface area contributed by atoms with Gasteiger partial charge >= 0.3 is 5.97 Å². The zero-order chi connectivity index (χ0) is 12.8. The number of hydrogen-bond acceptors (Lipinski definition) is 3. The zero-order valence-corrected chi connectivity index (χ0v) is 10.0. The molecule has 0 unspecified atom stereocenters. The van der Waals surface area contributed by atoms with Crippen LogP contribution in [0.5, 0.6) is 0 Å². The summed E-state index contributed by atoms with van der Waals surface area (Å²) in [5.74, 6) is -1.09. The second kappa shape index (κ2) is 6.08. The van der Waals surface area contributed by atoms with Crippen LogP contribution in [0.3, 0.4) is 0 Å². The number of nitrogens with zero attached hydrogens (tertiary/aromatic N) is 1. The SMILES string of the molecule is CC[C@H](C)N(CCC(=O)O)C(=O)c1ccoc1. The van der Waals surface area contributed by atoms with Crippen LogP contribution in [0.1, 0.15) is 37.0 Å². The van der Waals surface area contributed by atoms with Crippen molar-refractivity contribution in [2.24, 2.45) is 0 Å². The molecule has 0 aliphatic carbocycles. The Hall–Kier alpha value is -1.78. The third kappa shape index (κ3) is 3.62. The first-order valence-corrected chi connectivity index (χ1v) is 5.61. The van der Waals surface area contributed by atoms with Gasteiger partial charge in [-0.15, -0.1) is 0 Å². The monoisotopic (exact) mass is 239 g/mol. The van der Waals surface area contributed by atoms with Crippen LogP contribution in [-0.4, -0.2) is 34.5 Å². The molecule has 5 nitrogen and oxygen atoms in total.